The molecule has 0 saturated carbocycles. The first-order valence-corrected chi connectivity index (χ1v) is 6.11. The van der Waals surface area contributed by atoms with Crippen molar-refractivity contribution in [2.75, 3.05) is 7.11 Å². The molecule has 0 saturated heterocycles. The number of ether oxygens (including phenoxy) is 1. The minimum Gasteiger partial charge on any atom is -0.497 e. The number of hydrogen-bond acceptors (Lipinski definition) is 3. The van der Waals surface area contributed by atoms with E-state index in [9.17, 15) is 0 Å². The number of hydrogen-bond donors (Lipinski definition) is 1. The largest absolute Gasteiger partial charge is 0.497 e. The SMILES string of the molecule is COc1ccc(Br)c(CC(N)c2ccco2)c1. The molecule has 1 heterocycles. The Bertz CT molecular complexity index is 482. The molecule has 2 aromatic rings. The Morgan fingerprint density at radius 3 is 2.88 bits per heavy atom. The number of halogens is 1. The zero-order chi connectivity index (χ0) is 12.3. The highest BCUT2D eigenvalue weighted by Gasteiger charge is 2.12. The summed E-state index contributed by atoms with van der Waals surface area (Å²) < 4.78 is 11.5. The predicted molar refractivity (Wildman–Crippen MR) is 70.0 cm³/mol. The van der Waals surface area contributed by atoms with Gasteiger partial charge in [0.2, 0.25) is 0 Å². The molecule has 1 atom stereocenters. The van der Waals surface area contributed by atoms with Crippen molar-refractivity contribution < 1.29 is 9.15 Å². The summed E-state index contributed by atoms with van der Waals surface area (Å²) in [6.07, 6.45) is 2.33. The van der Waals surface area contributed by atoms with Gasteiger partial charge >= 0.3 is 0 Å². The van der Waals surface area contributed by atoms with Crippen molar-refractivity contribution in [2.24, 2.45) is 5.73 Å². The van der Waals surface area contributed by atoms with Crippen molar-refractivity contribution in [3.05, 3.63) is 52.4 Å². The maximum Gasteiger partial charge on any atom is 0.120 e. The molecule has 1 aromatic heterocycles. The van der Waals surface area contributed by atoms with Crippen LogP contribution in [0.1, 0.15) is 17.4 Å². The van der Waals surface area contributed by atoms with E-state index in [-0.39, 0.29) is 6.04 Å². The number of furan rings is 1. The topological polar surface area (TPSA) is 48.4 Å². The lowest BCUT2D eigenvalue weighted by molar-refractivity contribution is 0.413. The maximum atomic E-state index is 6.08. The fourth-order valence-electron chi connectivity index (χ4n) is 1.67. The highest BCUT2D eigenvalue weighted by molar-refractivity contribution is 9.10. The van der Waals surface area contributed by atoms with Crippen LogP contribution in [-0.4, -0.2) is 7.11 Å². The normalized spacial score (nSPS) is 12.4. The second kappa shape index (κ2) is 5.38. The van der Waals surface area contributed by atoms with E-state index in [2.05, 4.69) is 15.9 Å². The Morgan fingerprint density at radius 1 is 1.41 bits per heavy atom. The summed E-state index contributed by atoms with van der Waals surface area (Å²) in [6, 6.07) is 9.43. The van der Waals surface area contributed by atoms with Gasteiger partial charge in [-0.05, 0) is 42.3 Å². The van der Waals surface area contributed by atoms with Crippen LogP contribution in [0.4, 0.5) is 0 Å². The molecule has 0 fully saturated rings. The van der Waals surface area contributed by atoms with E-state index in [1.807, 2.05) is 30.3 Å². The molecule has 1 unspecified atom stereocenters. The Hall–Kier alpha value is -1.26. The minimum atomic E-state index is -0.145. The summed E-state index contributed by atoms with van der Waals surface area (Å²) >= 11 is 3.51. The summed E-state index contributed by atoms with van der Waals surface area (Å²) in [5.74, 6) is 1.62. The van der Waals surface area contributed by atoms with E-state index in [1.54, 1.807) is 13.4 Å². The van der Waals surface area contributed by atoms with Crippen molar-refractivity contribution in [1.82, 2.24) is 0 Å². The van der Waals surface area contributed by atoms with Crippen molar-refractivity contribution in [2.45, 2.75) is 12.5 Å². The molecule has 3 nitrogen and oxygen atoms in total. The van der Waals surface area contributed by atoms with Gasteiger partial charge in [0.1, 0.15) is 11.5 Å². The fraction of sp³-hybridized carbons (Fsp3) is 0.231. The van der Waals surface area contributed by atoms with E-state index in [0.717, 1.165) is 21.5 Å². The first kappa shape index (κ1) is 12.2. The zero-order valence-electron chi connectivity index (χ0n) is 9.52. The molecule has 0 bridgehead atoms. The third-order valence-corrected chi connectivity index (χ3v) is 3.37. The lowest BCUT2D eigenvalue weighted by atomic mass is 10.0. The van der Waals surface area contributed by atoms with Gasteiger partial charge < -0.3 is 14.9 Å². The monoisotopic (exact) mass is 295 g/mol. The van der Waals surface area contributed by atoms with Gasteiger partial charge in [-0.3, -0.25) is 0 Å². The van der Waals surface area contributed by atoms with Crippen LogP contribution >= 0.6 is 15.9 Å². The molecule has 17 heavy (non-hydrogen) atoms. The third kappa shape index (κ3) is 2.90. The molecular weight excluding hydrogens is 282 g/mol. The molecule has 0 amide bonds. The Balaban J connectivity index is 2.18. The van der Waals surface area contributed by atoms with E-state index in [4.69, 9.17) is 14.9 Å². The van der Waals surface area contributed by atoms with Crippen LogP contribution in [0.25, 0.3) is 0 Å². The Kier molecular flexibility index (Phi) is 3.86. The summed E-state index contributed by atoms with van der Waals surface area (Å²) in [6.45, 7) is 0. The number of rotatable bonds is 4. The lowest BCUT2D eigenvalue weighted by Crippen LogP contribution is -2.12. The zero-order valence-corrected chi connectivity index (χ0v) is 11.1. The van der Waals surface area contributed by atoms with E-state index in [0.29, 0.717) is 6.42 Å². The maximum absolute atomic E-state index is 6.08. The number of nitrogens with two attached hydrogens (primary N) is 1. The average molecular weight is 296 g/mol. The number of benzene rings is 1. The van der Waals surface area contributed by atoms with Gasteiger partial charge in [-0.1, -0.05) is 15.9 Å². The van der Waals surface area contributed by atoms with Crippen LogP contribution in [-0.2, 0) is 6.42 Å². The first-order valence-electron chi connectivity index (χ1n) is 5.32. The molecule has 0 spiro atoms. The second-order valence-corrected chi connectivity index (χ2v) is 4.64. The van der Waals surface area contributed by atoms with Gasteiger partial charge in [0.25, 0.3) is 0 Å². The standard InChI is InChI=1S/C13H14BrNO2/c1-16-10-4-5-11(14)9(7-10)8-12(15)13-3-2-6-17-13/h2-7,12H,8,15H2,1H3. The summed E-state index contributed by atoms with van der Waals surface area (Å²) in [5.41, 5.74) is 7.18. The molecular formula is C13H14BrNO2. The summed E-state index contributed by atoms with van der Waals surface area (Å²) in [5, 5.41) is 0. The predicted octanol–water partition coefficient (Wildman–Crippen LogP) is 3.29. The highest BCUT2D eigenvalue weighted by atomic mass is 79.9. The average Bonchev–Trinajstić information content (AvgIpc) is 2.85. The van der Waals surface area contributed by atoms with E-state index >= 15 is 0 Å². The van der Waals surface area contributed by atoms with Crippen molar-refractivity contribution in [3.8, 4) is 5.75 Å². The van der Waals surface area contributed by atoms with Gasteiger partial charge in [0.05, 0.1) is 19.4 Å². The molecule has 0 aliphatic rings. The molecule has 1 aromatic carbocycles. The van der Waals surface area contributed by atoms with E-state index in [1.165, 1.54) is 0 Å². The smallest absolute Gasteiger partial charge is 0.120 e. The van der Waals surface area contributed by atoms with Crippen LogP contribution in [0.15, 0.2) is 45.5 Å². The third-order valence-electron chi connectivity index (χ3n) is 2.60. The van der Waals surface area contributed by atoms with E-state index < -0.39 is 0 Å². The fourth-order valence-corrected chi connectivity index (χ4v) is 2.08. The van der Waals surface area contributed by atoms with Crippen molar-refractivity contribution in [1.29, 1.82) is 0 Å². The molecule has 0 aliphatic heterocycles. The Morgan fingerprint density at radius 2 is 2.24 bits per heavy atom. The molecule has 2 rings (SSSR count). The second-order valence-electron chi connectivity index (χ2n) is 3.78. The molecule has 2 N–H and O–H groups in total. The molecule has 0 aliphatic carbocycles. The van der Waals surface area contributed by atoms with Crippen molar-refractivity contribution in [3.63, 3.8) is 0 Å². The van der Waals surface area contributed by atoms with Gasteiger partial charge in [0.15, 0.2) is 0 Å². The van der Waals surface area contributed by atoms with Gasteiger partial charge in [-0.25, -0.2) is 0 Å². The van der Waals surface area contributed by atoms with Gasteiger partial charge in [0, 0.05) is 4.47 Å². The van der Waals surface area contributed by atoms with Crippen LogP contribution < -0.4 is 10.5 Å². The summed E-state index contributed by atoms with van der Waals surface area (Å²) in [7, 11) is 1.65. The molecule has 0 radical (unpaired) electrons. The number of methoxy groups -OCH3 is 1. The Labute approximate surface area is 109 Å². The van der Waals surface area contributed by atoms with Crippen LogP contribution in [0.3, 0.4) is 0 Å². The van der Waals surface area contributed by atoms with Gasteiger partial charge in [-0.15, -0.1) is 0 Å². The van der Waals surface area contributed by atoms with Crippen LogP contribution in [0, 0.1) is 0 Å². The quantitative estimate of drug-likeness (QED) is 0.941. The van der Waals surface area contributed by atoms with Crippen molar-refractivity contribution >= 4 is 15.9 Å². The lowest BCUT2D eigenvalue weighted by Gasteiger charge is -2.11. The van der Waals surface area contributed by atoms with Gasteiger partial charge in [-0.2, -0.15) is 0 Å². The minimum absolute atomic E-state index is 0.145. The van der Waals surface area contributed by atoms with Crippen LogP contribution in [0.5, 0.6) is 5.75 Å². The first-order chi connectivity index (χ1) is 8.20. The highest BCUT2D eigenvalue weighted by Crippen LogP contribution is 2.26. The molecule has 90 valence electrons. The van der Waals surface area contributed by atoms with Crippen LogP contribution in [0.2, 0.25) is 0 Å². The summed E-state index contributed by atoms with van der Waals surface area (Å²) in [4.78, 5) is 0. The molecule has 4 heteroatoms.